The lowest BCUT2D eigenvalue weighted by molar-refractivity contribution is 0.0926. The molecule has 1 rings (SSSR count). The lowest BCUT2D eigenvalue weighted by Crippen LogP contribution is -2.26. The fourth-order valence-corrected chi connectivity index (χ4v) is 1.97. The van der Waals surface area contributed by atoms with Crippen molar-refractivity contribution in [3.63, 3.8) is 0 Å². The van der Waals surface area contributed by atoms with Gasteiger partial charge in [0, 0.05) is 6.42 Å². The third kappa shape index (κ3) is 3.58. The summed E-state index contributed by atoms with van der Waals surface area (Å²) in [6, 6.07) is 0. The minimum absolute atomic E-state index is 0.141. The second-order valence-corrected chi connectivity index (χ2v) is 4.40. The van der Waals surface area contributed by atoms with Gasteiger partial charge in [0.05, 0.1) is 13.2 Å². The van der Waals surface area contributed by atoms with Crippen LogP contribution in [0.15, 0.2) is 0 Å². The molecule has 0 aromatic rings. The van der Waals surface area contributed by atoms with Gasteiger partial charge in [-0.05, 0) is 19.3 Å². The van der Waals surface area contributed by atoms with Gasteiger partial charge in [-0.1, -0.05) is 0 Å². The van der Waals surface area contributed by atoms with E-state index in [4.69, 9.17) is 0 Å². The van der Waals surface area contributed by atoms with E-state index in [1.165, 1.54) is 0 Å². The van der Waals surface area contributed by atoms with Crippen molar-refractivity contribution in [3.8, 4) is 0 Å². The van der Waals surface area contributed by atoms with Crippen molar-refractivity contribution < 1.29 is 21.2 Å². The zero-order valence-electron chi connectivity index (χ0n) is 7.40. The predicted molar refractivity (Wildman–Crippen MR) is 44.2 cm³/mol. The summed E-state index contributed by atoms with van der Waals surface area (Å²) in [5, 5.41) is 0. The van der Waals surface area contributed by atoms with Crippen LogP contribution in [0, 0.1) is 0 Å². The normalized spacial score (nSPS) is 30.3. The van der Waals surface area contributed by atoms with Gasteiger partial charge < -0.3 is 0 Å². The highest BCUT2D eigenvalue weighted by molar-refractivity contribution is 7.81. The van der Waals surface area contributed by atoms with Crippen molar-refractivity contribution in [2.45, 2.75) is 38.0 Å². The molecular weight excluding hydrogens is 199 g/mol. The van der Waals surface area contributed by atoms with Crippen LogP contribution < -0.4 is 0 Å². The SMILES string of the molecule is COS(=O)(=O)OC1CCCC(F)C1. The van der Waals surface area contributed by atoms with Gasteiger partial charge in [0.15, 0.2) is 0 Å². The van der Waals surface area contributed by atoms with E-state index in [0.717, 1.165) is 7.11 Å². The van der Waals surface area contributed by atoms with Crippen molar-refractivity contribution in [3.05, 3.63) is 0 Å². The summed E-state index contributed by atoms with van der Waals surface area (Å²) in [7, 11) is -2.89. The van der Waals surface area contributed by atoms with Crippen LogP contribution in [0.2, 0.25) is 0 Å². The van der Waals surface area contributed by atoms with Crippen LogP contribution in [0.4, 0.5) is 4.39 Å². The lowest BCUT2D eigenvalue weighted by atomic mass is 9.96. The Bertz CT molecular complexity index is 251. The van der Waals surface area contributed by atoms with E-state index >= 15 is 0 Å². The Morgan fingerprint density at radius 3 is 2.62 bits per heavy atom. The molecule has 2 atom stereocenters. The number of hydrogen-bond donors (Lipinski definition) is 0. The number of alkyl halides is 1. The van der Waals surface area contributed by atoms with Gasteiger partial charge in [-0.15, -0.1) is 0 Å². The third-order valence-corrected chi connectivity index (χ3v) is 2.94. The summed E-state index contributed by atoms with van der Waals surface area (Å²) in [5.41, 5.74) is 0. The first-order chi connectivity index (χ1) is 6.03. The molecule has 1 aliphatic carbocycles. The number of hydrogen-bond acceptors (Lipinski definition) is 4. The Morgan fingerprint density at radius 2 is 2.08 bits per heavy atom. The molecule has 0 spiro atoms. The van der Waals surface area contributed by atoms with E-state index < -0.39 is 22.7 Å². The molecule has 0 N–H and O–H groups in total. The lowest BCUT2D eigenvalue weighted by Gasteiger charge is -2.23. The quantitative estimate of drug-likeness (QED) is 0.704. The average Bonchev–Trinajstić information content (AvgIpc) is 2.03. The van der Waals surface area contributed by atoms with Crippen molar-refractivity contribution in [2.75, 3.05) is 7.11 Å². The molecule has 4 nitrogen and oxygen atoms in total. The molecule has 0 bridgehead atoms. The largest absolute Gasteiger partial charge is 0.399 e. The van der Waals surface area contributed by atoms with Gasteiger partial charge in [0.25, 0.3) is 0 Å². The van der Waals surface area contributed by atoms with Gasteiger partial charge in [-0.3, -0.25) is 4.18 Å². The van der Waals surface area contributed by atoms with Gasteiger partial charge in [0.2, 0.25) is 0 Å². The van der Waals surface area contributed by atoms with Crippen LogP contribution in [0.1, 0.15) is 25.7 Å². The van der Waals surface area contributed by atoms with Crippen LogP contribution in [0.5, 0.6) is 0 Å². The smallest absolute Gasteiger partial charge is 0.252 e. The zero-order chi connectivity index (χ0) is 9.90. The Kier molecular flexibility index (Phi) is 3.63. The van der Waals surface area contributed by atoms with Crippen molar-refractivity contribution in [1.29, 1.82) is 0 Å². The van der Waals surface area contributed by atoms with Crippen LogP contribution in [0.25, 0.3) is 0 Å². The van der Waals surface area contributed by atoms with Crippen molar-refractivity contribution in [1.82, 2.24) is 0 Å². The topological polar surface area (TPSA) is 52.6 Å². The van der Waals surface area contributed by atoms with E-state index in [9.17, 15) is 12.8 Å². The summed E-state index contributed by atoms with van der Waals surface area (Å²) >= 11 is 0. The highest BCUT2D eigenvalue weighted by Gasteiger charge is 2.26. The molecule has 1 aliphatic rings. The maximum absolute atomic E-state index is 12.8. The third-order valence-electron chi connectivity index (χ3n) is 2.02. The molecule has 6 heteroatoms. The molecule has 1 fully saturated rings. The van der Waals surface area contributed by atoms with E-state index in [-0.39, 0.29) is 6.42 Å². The molecule has 1 saturated carbocycles. The molecule has 0 radical (unpaired) electrons. The zero-order valence-corrected chi connectivity index (χ0v) is 8.22. The Labute approximate surface area is 77.4 Å². The Hall–Kier alpha value is -0.200. The average molecular weight is 212 g/mol. The summed E-state index contributed by atoms with van der Waals surface area (Å²) in [6.45, 7) is 0. The summed E-state index contributed by atoms with van der Waals surface area (Å²) in [4.78, 5) is 0. The monoisotopic (exact) mass is 212 g/mol. The first-order valence-corrected chi connectivity index (χ1v) is 5.50. The van der Waals surface area contributed by atoms with Crippen LogP contribution in [-0.4, -0.2) is 27.8 Å². The van der Waals surface area contributed by atoms with E-state index in [2.05, 4.69) is 8.37 Å². The Balaban J connectivity index is 2.45. The molecule has 0 aliphatic heterocycles. The maximum atomic E-state index is 12.8. The molecule has 78 valence electrons. The van der Waals surface area contributed by atoms with E-state index in [1.54, 1.807) is 0 Å². The minimum atomic E-state index is -3.91. The van der Waals surface area contributed by atoms with Crippen molar-refractivity contribution >= 4 is 10.4 Å². The summed E-state index contributed by atoms with van der Waals surface area (Å²) in [5.74, 6) is 0. The fourth-order valence-electron chi connectivity index (χ4n) is 1.38. The molecular formula is C7H13FO4S. The van der Waals surface area contributed by atoms with Crippen LogP contribution in [0.3, 0.4) is 0 Å². The van der Waals surface area contributed by atoms with Crippen LogP contribution >= 0.6 is 0 Å². The fraction of sp³-hybridized carbons (Fsp3) is 1.00. The Morgan fingerprint density at radius 1 is 1.38 bits per heavy atom. The first-order valence-electron chi connectivity index (χ1n) is 4.16. The summed E-state index contributed by atoms with van der Waals surface area (Å²) in [6.07, 6.45) is 0.350. The molecule has 13 heavy (non-hydrogen) atoms. The molecule has 0 amide bonds. The minimum Gasteiger partial charge on any atom is -0.252 e. The second kappa shape index (κ2) is 4.34. The van der Waals surface area contributed by atoms with Gasteiger partial charge in [0.1, 0.15) is 6.17 Å². The maximum Gasteiger partial charge on any atom is 0.399 e. The molecule has 0 saturated heterocycles. The van der Waals surface area contributed by atoms with Crippen LogP contribution in [-0.2, 0) is 18.8 Å². The first kappa shape index (κ1) is 10.9. The number of halogens is 1. The highest BCUT2D eigenvalue weighted by atomic mass is 32.3. The molecule has 2 unspecified atom stereocenters. The van der Waals surface area contributed by atoms with Gasteiger partial charge in [-0.2, -0.15) is 8.42 Å². The van der Waals surface area contributed by atoms with E-state index in [0.29, 0.717) is 19.3 Å². The number of rotatable bonds is 3. The predicted octanol–water partition coefficient (Wildman–Crippen LogP) is 1.17. The highest BCUT2D eigenvalue weighted by Crippen LogP contribution is 2.24. The standard InChI is InChI=1S/C7H13FO4S/c1-11-13(9,10)12-7-4-2-3-6(8)5-7/h6-7H,2-5H2,1H3. The summed E-state index contributed by atoms with van der Waals surface area (Å²) < 4.78 is 43.1. The van der Waals surface area contributed by atoms with Crippen molar-refractivity contribution in [2.24, 2.45) is 0 Å². The molecule has 0 heterocycles. The van der Waals surface area contributed by atoms with E-state index in [1.807, 2.05) is 0 Å². The van der Waals surface area contributed by atoms with Gasteiger partial charge >= 0.3 is 10.4 Å². The van der Waals surface area contributed by atoms with Gasteiger partial charge in [-0.25, -0.2) is 8.57 Å². The molecule has 0 aromatic heterocycles. The molecule has 0 aromatic carbocycles. The second-order valence-electron chi connectivity index (χ2n) is 3.06.